The molecule has 3 atom stereocenters. The number of aliphatic imine (C=N–C) groups is 1. The van der Waals surface area contributed by atoms with Gasteiger partial charge in [0.1, 0.15) is 6.10 Å². The van der Waals surface area contributed by atoms with Crippen LogP contribution >= 0.6 is 0 Å². The molecule has 0 aromatic heterocycles. The van der Waals surface area contributed by atoms with Crippen molar-refractivity contribution in [3.05, 3.63) is 0 Å². The van der Waals surface area contributed by atoms with Gasteiger partial charge in [-0.05, 0) is 33.1 Å². The highest BCUT2D eigenvalue weighted by Crippen LogP contribution is 2.21. The van der Waals surface area contributed by atoms with Crippen molar-refractivity contribution in [1.29, 1.82) is 0 Å². The number of carbonyl (C=O) groups is 1. The van der Waals surface area contributed by atoms with Crippen LogP contribution in [0.2, 0.25) is 0 Å². The van der Waals surface area contributed by atoms with E-state index in [1.807, 2.05) is 6.92 Å². The minimum Gasteiger partial charge on any atom is -0.375 e. The molecule has 2 heterocycles. The number of nitrogens with zero attached hydrogens (tertiary/aromatic N) is 2. The first kappa shape index (κ1) is 20.0. The molecular formula is C18H34N4O3. The first-order chi connectivity index (χ1) is 12.1. The third-order valence-corrected chi connectivity index (χ3v) is 4.73. The number of hydrogen-bond acceptors (Lipinski definition) is 4. The summed E-state index contributed by atoms with van der Waals surface area (Å²) in [5, 5.41) is 6.32. The Bertz CT molecular complexity index is 438. The molecule has 2 saturated heterocycles. The molecule has 1 amide bonds. The minimum atomic E-state index is 0.0631. The molecule has 2 N–H and O–H groups in total. The fourth-order valence-electron chi connectivity index (χ4n) is 3.13. The lowest BCUT2D eigenvalue weighted by molar-refractivity contribution is -0.121. The van der Waals surface area contributed by atoms with E-state index >= 15 is 0 Å². The average Bonchev–Trinajstić information content (AvgIpc) is 3.15. The summed E-state index contributed by atoms with van der Waals surface area (Å²) in [6.45, 7) is 10.6. The molecule has 2 fully saturated rings. The number of morpholine rings is 1. The Labute approximate surface area is 151 Å². The van der Waals surface area contributed by atoms with E-state index in [4.69, 9.17) is 9.47 Å². The zero-order chi connectivity index (χ0) is 18.1. The summed E-state index contributed by atoms with van der Waals surface area (Å²) in [5.41, 5.74) is 0. The van der Waals surface area contributed by atoms with Crippen LogP contribution in [0.1, 0.15) is 46.5 Å². The van der Waals surface area contributed by atoms with Crippen molar-refractivity contribution in [2.75, 3.05) is 39.4 Å². The van der Waals surface area contributed by atoms with Gasteiger partial charge in [-0.15, -0.1) is 0 Å². The fourth-order valence-corrected chi connectivity index (χ4v) is 3.13. The van der Waals surface area contributed by atoms with Crippen LogP contribution in [0.3, 0.4) is 0 Å². The van der Waals surface area contributed by atoms with Gasteiger partial charge in [0, 0.05) is 38.7 Å². The SMILES string of the molecule is CCNC(=NCCC(=O)NC(C)CC)N1CCOC(C2CCCO2)C1. The van der Waals surface area contributed by atoms with Crippen molar-refractivity contribution in [2.45, 2.75) is 64.7 Å². The Morgan fingerprint density at radius 1 is 1.28 bits per heavy atom. The van der Waals surface area contributed by atoms with E-state index in [-0.39, 0.29) is 24.2 Å². The van der Waals surface area contributed by atoms with Crippen LogP contribution in [0.25, 0.3) is 0 Å². The van der Waals surface area contributed by atoms with Crippen LogP contribution in [-0.4, -0.2) is 74.4 Å². The van der Waals surface area contributed by atoms with Gasteiger partial charge >= 0.3 is 0 Å². The highest BCUT2D eigenvalue weighted by atomic mass is 16.5. The maximum atomic E-state index is 11.9. The van der Waals surface area contributed by atoms with Gasteiger partial charge in [-0.1, -0.05) is 6.92 Å². The number of guanidine groups is 1. The highest BCUT2D eigenvalue weighted by Gasteiger charge is 2.32. The smallest absolute Gasteiger partial charge is 0.222 e. The van der Waals surface area contributed by atoms with Crippen molar-refractivity contribution in [3.8, 4) is 0 Å². The van der Waals surface area contributed by atoms with E-state index < -0.39 is 0 Å². The second-order valence-electron chi connectivity index (χ2n) is 6.77. The predicted octanol–water partition coefficient (Wildman–Crippen LogP) is 1.14. The predicted molar refractivity (Wildman–Crippen MR) is 98.8 cm³/mol. The Morgan fingerprint density at radius 3 is 2.76 bits per heavy atom. The summed E-state index contributed by atoms with van der Waals surface area (Å²) < 4.78 is 11.7. The number of rotatable bonds is 7. The molecule has 144 valence electrons. The van der Waals surface area contributed by atoms with E-state index in [1.54, 1.807) is 0 Å². The maximum absolute atomic E-state index is 11.9. The fraction of sp³-hybridized carbons (Fsp3) is 0.889. The molecule has 2 aliphatic rings. The van der Waals surface area contributed by atoms with E-state index in [1.165, 1.54) is 0 Å². The molecule has 0 bridgehead atoms. The lowest BCUT2D eigenvalue weighted by atomic mass is 10.1. The monoisotopic (exact) mass is 354 g/mol. The zero-order valence-corrected chi connectivity index (χ0v) is 15.9. The Kier molecular flexibility index (Phi) is 8.48. The van der Waals surface area contributed by atoms with Crippen molar-refractivity contribution in [2.24, 2.45) is 4.99 Å². The summed E-state index contributed by atoms with van der Waals surface area (Å²) in [4.78, 5) is 18.8. The second-order valence-corrected chi connectivity index (χ2v) is 6.77. The third kappa shape index (κ3) is 6.47. The van der Waals surface area contributed by atoms with Crippen LogP contribution in [-0.2, 0) is 14.3 Å². The molecule has 0 aliphatic carbocycles. The lowest BCUT2D eigenvalue weighted by Gasteiger charge is -2.37. The van der Waals surface area contributed by atoms with Crippen LogP contribution in [0.5, 0.6) is 0 Å². The molecular weight excluding hydrogens is 320 g/mol. The van der Waals surface area contributed by atoms with Crippen molar-refractivity contribution in [3.63, 3.8) is 0 Å². The standard InChI is InChI=1S/C18H34N4O3/c1-4-14(3)21-17(23)8-9-20-18(19-5-2)22-10-12-25-16(13-22)15-7-6-11-24-15/h14-16H,4-13H2,1-3H3,(H,19,20)(H,21,23). The van der Waals surface area contributed by atoms with Crippen molar-refractivity contribution < 1.29 is 14.3 Å². The molecule has 7 heteroatoms. The second kappa shape index (κ2) is 10.6. The topological polar surface area (TPSA) is 75.2 Å². The number of amides is 1. The Balaban J connectivity index is 1.86. The average molecular weight is 354 g/mol. The quantitative estimate of drug-likeness (QED) is 0.530. The molecule has 0 aromatic rings. The summed E-state index contributed by atoms with van der Waals surface area (Å²) in [6, 6.07) is 0.219. The van der Waals surface area contributed by atoms with Gasteiger partial charge in [-0.25, -0.2) is 0 Å². The van der Waals surface area contributed by atoms with Gasteiger partial charge in [-0.2, -0.15) is 0 Å². The Hall–Kier alpha value is -1.34. The largest absolute Gasteiger partial charge is 0.375 e. The zero-order valence-electron chi connectivity index (χ0n) is 15.9. The number of hydrogen-bond donors (Lipinski definition) is 2. The van der Waals surface area contributed by atoms with Crippen LogP contribution in [0.15, 0.2) is 4.99 Å². The lowest BCUT2D eigenvalue weighted by Crippen LogP contribution is -2.53. The van der Waals surface area contributed by atoms with Gasteiger partial charge < -0.3 is 25.0 Å². The van der Waals surface area contributed by atoms with Crippen LogP contribution < -0.4 is 10.6 Å². The van der Waals surface area contributed by atoms with E-state index in [2.05, 4.69) is 34.4 Å². The van der Waals surface area contributed by atoms with E-state index in [0.717, 1.165) is 51.5 Å². The van der Waals surface area contributed by atoms with Crippen LogP contribution in [0, 0.1) is 0 Å². The molecule has 0 saturated carbocycles. The molecule has 7 nitrogen and oxygen atoms in total. The number of ether oxygens (including phenoxy) is 2. The molecule has 2 rings (SSSR count). The highest BCUT2D eigenvalue weighted by molar-refractivity contribution is 5.81. The van der Waals surface area contributed by atoms with Gasteiger partial charge in [0.05, 0.1) is 19.3 Å². The van der Waals surface area contributed by atoms with Gasteiger partial charge in [0.15, 0.2) is 5.96 Å². The molecule has 3 unspecified atom stereocenters. The first-order valence-electron chi connectivity index (χ1n) is 9.69. The Morgan fingerprint density at radius 2 is 2.08 bits per heavy atom. The van der Waals surface area contributed by atoms with E-state index in [0.29, 0.717) is 19.6 Å². The summed E-state index contributed by atoms with van der Waals surface area (Å²) in [7, 11) is 0. The normalized spacial score (nSPS) is 25.7. The summed E-state index contributed by atoms with van der Waals surface area (Å²) in [6.07, 6.45) is 3.85. The first-order valence-corrected chi connectivity index (χ1v) is 9.69. The number of nitrogens with one attached hydrogen (secondary N) is 2. The third-order valence-electron chi connectivity index (χ3n) is 4.73. The molecule has 0 aromatic carbocycles. The summed E-state index contributed by atoms with van der Waals surface area (Å²) in [5.74, 6) is 0.929. The summed E-state index contributed by atoms with van der Waals surface area (Å²) >= 11 is 0. The number of carbonyl (C=O) groups excluding carboxylic acids is 1. The minimum absolute atomic E-state index is 0.0631. The van der Waals surface area contributed by atoms with Crippen molar-refractivity contribution >= 4 is 11.9 Å². The maximum Gasteiger partial charge on any atom is 0.222 e. The molecule has 0 spiro atoms. The molecule has 0 radical (unpaired) electrons. The van der Waals surface area contributed by atoms with Gasteiger partial charge in [0.25, 0.3) is 0 Å². The molecule has 25 heavy (non-hydrogen) atoms. The van der Waals surface area contributed by atoms with Gasteiger partial charge in [0.2, 0.25) is 5.91 Å². The molecule has 2 aliphatic heterocycles. The van der Waals surface area contributed by atoms with E-state index in [9.17, 15) is 4.79 Å². The van der Waals surface area contributed by atoms with Gasteiger partial charge in [-0.3, -0.25) is 9.79 Å². The van der Waals surface area contributed by atoms with Crippen LogP contribution in [0.4, 0.5) is 0 Å². The van der Waals surface area contributed by atoms with Crippen molar-refractivity contribution in [1.82, 2.24) is 15.5 Å².